The normalized spacial score (nSPS) is 14.1. The third-order valence-electron chi connectivity index (χ3n) is 4.91. The lowest BCUT2D eigenvalue weighted by Crippen LogP contribution is -2.36. The number of alkyl carbamates (subject to hydrolysis) is 1. The van der Waals surface area contributed by atoms with Crippen molar-refractivity contribution in [3.05, 3.63) is 59.7 Å². The lowest BCUT2D eigenvalue weighted by Gasteiger charge is -2.20. The fourth-order valence-electron chi connectivity index (χ4n) is 3.70. The second-order valence-electron chi connectivity index (χ2n) is 7.20. The van der Waals surface area contributed by atoms with Crippen molar-refractivity contribution >= 4 is 6.09 Å². The van der Waals surface area contributed by atoms with Gasteiger partial charge < -0.3 is 10.1 Å². The summed E-state index contributed by atoms with van der Waals surface area (Å²) in [6, 6.07) is 16.9. The lowest BCUT2D eigenvalue weighted by atomic mass is 9.98. The summed E-state index contributed by atoms with van der Waals surface area (Å²) >= 11 is 0. The van der Waals surface area contributed by atoms with Crippen molar-refractivity contribution < 1.29 is 9.53 Å². The van der Waals surface area contributed by atoms with Crippen molar-refractivity contribution in [3.8, 4) is 11.1 Å². The van der Waals surface area contributed by atoms with Gasteiger partial charge in [-0.05, 0) is 41.0 Å². The van der Waals surface area contributed by atoms with Crippen LogP contribution in [0.3, 0.4) is 0 Å². The topological polar surface area (TPSA) is 38.3 Å². The maximum atomic E-state index is 12.2. The zero-order valence-electron chi connectivity index (χ0n) is 15.3. The summed E-state index contributed by atoms with van der Waals surface area (Å²) < 4.78 is 5.60. The van der Waals surface area contributed by atoms with E-state index in [1.165, 1.54) is 22.3 Å². The van der Waals surface area contributed by atoms with E-state index in [9.17, 15) is 4.79 Å². The second kappa shape index (κ2) is 7.73. The van der Waals surface area contributed by atoms with Crippen LogP contribution in [0.25, 0.3) is 11.1 Å². The van der Waals surface area contributed by atoms with E-state index in [-0.39, 0.29) is 18.1 Å². The molecule has 1 aliphatic rings. The summed E-state index contributed by atoms with van der Waals surface area (Å²) in [4.78, 5) is 12.2. The average molecular weight is 337 g/mol. The van der Waals surface area contributed by atoms with Crippen LogP contribution in [0.2, 0.25) is 0 Å². The largest absolute Gasteiger partial charge is 0.449 e. The first-order valence-electron chi connectivity index (χ1n) is 9.21. The van der Waals surface area contributed by atoms with Crippen molar-refractivity contribution in [2.75, 3.05) is 6.61 Å². The summed E-state index contributed by atoms with van der Waals surface area (Å²) in [5.74, 6) is 0.669. The predicted molar refractivity (Wildman–Crippen MR) is 102 cm³/mol. The fourth-order valence-corrected chi connectivity index (χ4v) is 3.70. The molecule has 1 aliphatic carbocycles. The fraction of sp³-hybridized carbons (Fsp3) is 0.409. The quantitative estimate of drug-likeness (QED) is 0.771. The number of carbonyl (C=O) groups excluding carboxylic acids is 1. The minimum atomic E-state index is -0.311. The molecule has 0 saturated heterocycles. The summed E-state index contributed by atoms with van der Waals surface area (Å²) in [6.07, 6.45) is 1.58. The van der Waals surface area contributed by atoms with Crippen LogP contribution in [0.5, 0.6) is 0 Å². The number of benzene rings is 2. The van der Waals surface area contributed by atoms with E-state index in [4.69, 9.17) is 4.74 Å². The summed E-state index contributed by atoms with van der Waals surface area (Å²) in [5.41, 5.74) is 4.98. The van der Waals surface area contributed by atoms with Crippen LogP contribution in [0, 0.1) is 5.92 Å². The number of fused-ring (bicyclic) bond motifs is 3. The van der Waals surface area contributed by atoms with E-state index in [2.05, 4.69) is 62.5 Å². The second-order valence-corrected chi connectivity index (χ2v) is 7.20. The molecule has 2 aromatic rings. The van der Waals surface area contributed by atoms with Crippen LogP contribution in [-0.4, -0.2) is 18.7 Å². The highest BCUT2D eigenvalue weighted by molar-refractivity contribution is 5.79. The summed E-state index contributed by atoms with van der Waals surface area (Å²) in [7, 11) is 0. The van der Waals surface area contributed by atoms with Crippen molar-refractivity contribution in [3.63, 3.8) is 0 Å². The molecule has 132 valence electrons. The number of hydrogen-bond donors (Lipinski definition) is 1. The highest BCUT2D eigenvalue weighted by Gasteiger charge is 2.29. The van der Waals surface area contributed by atoms with Gasteiger partial charge in [-0.1, -0.05) is 69.3 Å². The monoisotopic (exact) mass is 337 g/mol. The average Bonchev–Trinajstić information content (AvgIpc) is 2.93. The Bertz CT molecular complexity index is 693. The van der Waals surface area contributed by atoms with Crippen molar-refractivity contribution in [1.29, 1.82) is 0 Å². The molecule has 3 nitrogen and oxygen atoms in total. The van der Waals surface area contributed by atoms with Crippen molar-refractivity contribution in [2.45, 2.75) is 45.6 Å². The molecular formula is C22H27NO2. The van der Waals surface area contributed by atoms with Gasteiger partial charge in [0.15, 0.2) is 0 Å². The minimum absolute atomic E-state index is 0.114. The Morgan fingerprint density at radius 3 is 2.12 bits per heavy atom. The molecule has 3 rings (SSSR count). The van der Waals surface area contributed by atoms with Crippen LogP contribution in [0.15, 0.2) is 48.5 Å². The first-order valence-corrected chi connectivity index (χ1v) is 9.21. The minimum Gasteiger partial charge on any atom is -0.449 e. The van der Waals surface area contributed by atoms with Gasteiger partial charge in [0.05, 0.1) is 0 Å². The molecule has 0 bridgehead atoms. The van der Waals surface area contributed by atoms with Crippen LogP contribution in [0.4, 0.5) is 4.79 Å². The zero-order chi connectivity index (χ0) is 17.8. The molecule has 0 unspecified atom stereocenters. The molecule has 0 heterocycles. The van der Waals surface area contributed by atoms with Gasteiger partial charge in [0, 0.05) is 12.0 Å². The molecule has 25 heavy (non-hydrogen) atoms. The van der Waals surface area contributed by atoms with Gasteiger partial charge >= 0.3 is 6.09 Å². The lowest BCUT2D eigenvalue weighted by molar-refractivity contribution is 0.137. The number of amides is 1. The molecule has 0 spiro atoms. The van der Waals surface area contributed by atoms with Crippen LogP contribution >= 0.6 is 0 Å². The molecule has 0 radical (unpaired) electrons. The van der Waals surface area contributed by atoms with Crippen LogP contribution in [-0.2, 0) is 4.74 Å². The van der Waals surface area contributed by atoms with E-state index >= 15 is 0 Å². The molecule has 1 N–H and O–H groups in total. The Kier molecular flexibility index (Phi) is 5.42. The Morgan fingerprint density at radius 1 is 1.04 bits per heavy atom. The Labute approximate surface area is 150 Å². The van der Waals surface area contributed by atoms with E-state index in [0.29, 0.717) is 12.5 Å². The molecule has 1 amide bonds. The molecule has 1 atom stereocenters. The maximum Gasteiger partial charge on any atom is 0.407 e. The highest BCUT2D eigenvalue weighted by Crippen LogP contribution is 2.44. The first kappa shape index (κ1) is 17.5. The number of nitrogens with one attached hydrogen (secondary N) is 1. The predicted octanol–water partition coefficient (Wildman–Crippen LogP) is 5.35. The molecule has 3 heteroatoms. The van der Waals surface area contributed by atoms with Crippen LogP contribution < -0.4 is 5.32 Å². The molecule has 0 aliphatic heterocycles. The maximum absolute atomic E-state index is 12.2. The number of carbonyl (C=O) groups is 1. The van der Waals surface area contributed by atoms with E-state index < -0.39 is 0 Å². The number of ether oxygens (including phenoxy) is 1. The van der Waals surface area contributed by atoms with E-state index in [1.807, 2.05) is 12.1 Å². The van der Waals surface area contributed by atoms with Gasteiger partial charge in [-0.3, -0.25) is 0 Å². The first-order chi connectivity index (χ1) is 12.1. The number of hydrogen-bond acceptors (Lipinski definition) is 2. The zero-order valence-corrected chi connectivity index (χ0v) is 15.3. The van der Waals surface area contributed by atoms with Crippen molar-refractivity contribution in [2.24, 2.45) is 5.92 Å². The van der Waals surface area contributed by atoms with Gasteiger partial charge in [0.2, 0.25) is 0 Å². The van der Waals surface area contributed by atoms with Gasteiger partial charge in [0.25, 0.3) is 0 Å². The van der Waals surface area contributed by atoms with E-state index in [0.717, 1.165) is 12.8 Å². The molecule has 2 aromatic carbocycles. The van der Waals surface area contributed by atoms with Gasteiger partial charge in [-0.15, -0.1) is 0 Å². The molecule has 0 aromatic heterocycles. The summed E-state index contributed by atoms with van der Waals surface area (Å²) in [5, 5.41) is 3.01. The van der Waals surface area contributed by atoms with Crippen molar-refractivity contribution in [1.82, 2.24) is 5.32 Å². The van der Waals surface area contributed by atoms with E-state index in [1.54, 1.807) is 0 Å². The SMILES string of the molecule is CC[C@H](CC(C)C)NC(=O)OCC1c2ccccc2-c2ccccc21. The highest BCUT2D eigenvalue weighted by atomic mass is 16.5. The third-order valence-corrected chi connectivity index (χ3v) is 4.91. The number of rotatable bonds is 6. The van der Waals surface area contributed by atoms with Crippen LogP contribution in [0.1, 0.15) is 50.7 Å². The summed E-state index contributed by atoms with van der Waals surface area (Å²) in [6.45, 7) is 6.80. The molecular weight excluding hydrogens is 310 g/mol. The molecule has 0 saturated carbocycles. The Morgan fingerprint density at radius 2 is 1.60 bits per heavy atom. The van der Waals surface area contributed by atoms with Gasteiger partial charge in [-0.25, -0.2) is 4.79 Å². The smallest absolute Gasteiger partial charge is 0.407 e. The third kappa shape index (κ3) is 3.87. The molecule has 0 fully saturated rings. The van der Waals surface area contributed by atoms with Gasteiger partial charge in [-0.2, -0.15) is 0 Å². The van der Waals surface area contributed by atoms with Gasteiger partial charge in [0.1, 0.15) is 6.61 Å². The Balaban J connectivity index is 1.68. The standard InChI is InChI=1S/C22H27NO2/c1-4-16(13-15(2)3)23-22(24)25-14-21-19-11-7-5-9-17(19)18-10-6-8-12-20(18)21/h5-12,15-16,21H,4,13-14H2,1-3H3,(H,23,24)/t16-/m1/s1. The Hall–Kier alpha value is -2.29.